The molecule has 3 fully saturated rings. The first-order valence-electron chi connectivity index (χ1n) is 26.8. The molecule has 6 rings (SSSR count). The van der Waals surface area contributed by atoms with E-state index in [0.717, 1.165) is 19.3 Å². The summed E-state index contributed by atoms with van der Waals surface area (Å²) in [6.45, 7) is 5.92. The monoisotopic (exact) mass is 1050 g/mol. The highest BCUT2D eigenvalue weighted by molar-refractivity contribution is 7.89. The van der Waals surface area contributed by atoms with Crippen LogP contribution in [0.1, 0.15) is 147 Å². The molecule has 3 aromatic rings. The van der Waals surface area contributed by atoms with Gasteiger partial charge in [0.2, 0.25) is 10.0 Å². The number of aliphatic hydroxyl groups excluding tert-OH is 4. The number of benzene rings is 3. The van der Waals surface area contributed by atoms with Crippen LogP contribution in [0.2, 0.25) is 0 Å². The molecule has 3 aromatic carbocycles. The first-order chi connectivity index (χ1) is 35.7. The summed E-state index contributed by atoms with van der Waals surface area (Å²) in [6.07, 6.45) is 9.49. The van der Waals surface area contributed by atoms with Crippen LogP contribution in [-0.4, -0.2) is 120 Å². The van der Waals surface area contributed by atoms with Gasteiger partial charge in [-0.3, -0.25) is 0 Å². The van der Waals surface area contributed by atoms with Crippen LogP contribution in [0, 0.1) is 5.92 Å². The van der Waals surface area contributed by atoms with E-state index in [2.05, 4.69) is 4.72 Å². The molecule has 17 heteroatoms. The van der Waals surface area contributed by atoms with Gasteiger partial charge in [0.25, 0.3) is 0 Å². The zero-order valence-electron chi connectivity index (χ0n) is 43.4. The first kappa shape index (κ1) is 59.5. The lowest BCUT2D eigenvalue weighted by molar-refractivity contribution is -0.251. The zero-order valence-corrected chi connectivity index (χ0v) is 44.3. The fraction of sp³-hybridized carbons (Fsp3) is 0.614. The van der Waals surface area contributed by atoms with Crippen molar-refractivity contribution >= 4 is 10.0 Å². The Labute approximate surface area is 438 Å². The molecule has 3 heterocycles. The molecule has 74 heavy (non-hydrogen) atoms. The molecule has 16 nitrogen and oxygen atoms in total. The number of rotatable bonds is 30. The maximum absolute atomic E-state index is 13.2. The highest BCUT2D eigenvalue weighted by Crippen LogP contribution is 2.39. The van der Waals surface area contributed by atoms with Gasteiger partial charge in [-0.25, -0.2) is 13.1 Å². The number of phenols is 2. The maximum Gasteiger partial charge on any atom is 0.240 e. The number of aliphatic hydroxyl groups is 4. The van der Waals surface area contributed by atoms with Crippen LogP contribution in [0.4, 0.5) is 0 Å². The third kappa shape index (κ3) is 19.7. The lowest BCUT2D eigenvalue weighted by Crippen LogP contribution is -2.45. The molecule has 13 unspecified atom stereocenters. The van der Waals surface area contributed by atoms with Gasteiger partial charge in [0.1, 0.15) is 11.5 Å². The first-order valence-corrected chi connectivity index (χ1v) is 28.3. The van der Waals surface area contributed by atoms with Crippen molar-refractivity contribution in [2.45, 2.75) is 202 Å². The summed E-state index contributed by atoms with van der Waals surface area (Å²) in [7, 11) is -3.83. The second-order valence-electron chi connectivity index (χ2n) is 20.2. The van der Waals surface area contributed by atoms with Crippen molar-refractivity contribution in [1.82, 2.24) is 4.72 Å². The number of ether oxygens (including phenoxy) is 7. The average molecular weight is 1050 g/mol. The molecule has 412 valence electrons. The minimum Gasteiger partial charge on any atom is -0.507 e. The Hall–Kier alpha value is -3.79. The number of nitrogens with one attached hydrogen (secondary N) is 1. The normalized spacial score (nSPS) is 26.7. The highest BCUT2D eigenvalue weighted by Gasteiger charge is 2.36. The van der Waals surface area contributed by atoms with Crippen molar-refractivity contribution in [3.63, 3.8) is 0 Å². The van der Waals surface area contributed by atoms with Crippen LogP contribution in [0.3, 0.4) is 0 Å². The van der Waals surface area contributed by atoms with Gasteiger partial charge >= 0.3 is 0 Å². The van der Waals surface area contributed by atoms with Crippen LogP contribution < -0.4 is 4.72 Å². The Morgan fingerprint density at radius 1 is 0.703 bits per heavy atom. The summed E-state index contributed by atoms with van der Waals surface area (Å²) >= 11 is 0. The second kappa shape index (κ2) is 30.8. The molecule has 0 saturated carbocycles. The summed E-state index contributed by atoms with van der Waals surface area (Å²) in [4.78, 5) is 0.138. The number of hydrogen-bond donors (Lipinski definition) is 7. The van der Waals surface area contributed by atoms with Crippen LogP contribution in [0.15, 0.2) is 108 Å². The molecule has 0 bridgehead atoms. The average Bonchev–Trinajstić information content (AvgIpc) is 3.37. The van der Waals surface area contributed by atoms with Gasteiger partial charge in [-0.1, -0.05) is 86.7 Å². The van der Waals surface area contributed by atoms with Crippen molar-refractivity contribution in [3.8, 4) is 11.5 Å². The van der Waals surface area contributed by atoms with E-state index in [9.17, 15) is 39.1 Å². The largest absolute Gasteiger partial charge is 0.507 e. The van der Waals surface area contributed by atoms with Gasteiger partial charge in [0, 0.05) is 29.5 Å². The standard InChI is InChI=1S/C57H83NO15S/c1-4-5-7-17-41(38-59)55(64)67-31-30-39(2)32-42(60)18-14-20-46-35-47(73-57(72-46)51-27-11-13-29-53(51)63)21-15-19-43(61)34-48-36-45(69-54(70-48)37-58-74(65,66)49-24-8-6-9-25-49)23-16-22-44-33-40(3)68-56(71-44)50-26-10-12-28-52(50)62/h5-13,17,24-29,39-40,42-48,54-64H,4,14-16,18-23,30-38H2,1-3H3/b7-5-,41-17+. The zero-order chi connectivity index (χ0) is 52.9. The number of hydrogen-bond acceptors (Lipinski definition) is 15. The summed E-state index contributed by atoms with van der Waals surface area (Å²) in [5, 5.41) is 63.6. The summed E-state index contributed by atoms with van der Waals surface area (Å²) in [5.74, 6) is 0.342. The molecule has 0 aromatic heterocycles. The van der Waals surface area contributed by atoms with Gasteiger partial charge in [-0.15, -0.1) is 0 Å². The minimum absolute atomic E-state index is 0.0700. The molecule has 3 aliphatic rings. The number of aromatic hydroxyl groups is 2. The Balaban J connectivity index is 0.984. The van der Waals surface area contributed by atoms with E-state index in [1.54, 1.807) is 66.7 Å². The molecule has 3 aliphatic heterocycles. The predicted molar refractivity (Wildman–Crippen MR) is 279 cm³/mol. The van der Waals surface area contributed by atoms with E-state index in [4.69, 9.17) is 33.2 Å². The number of para-hydroxylation sites is 2. The van der Waals surface area contributed by atoms with E-state index < -0.39 is 53.5 Å². The smallest absolute Gasteiger partial charge is 0.240 e. The van der Waals surface area contributed by atoms with E-state index in [0.29, 0.717) is 100 Å². The fourth-order valence-electron chi connectivity index (χ4n) is 9.96. The van der Waals surface area contributed by atoms with Gasteiger partial charge in [0.15, 0.2) is 25.2 Å². The van der Waals surface area contributed by atoms with Gasteiger partial charge < -0.3 is 63.8 Å². The topological polar surface area (TPSA) is 232 Å². The van der Waals surface area contributed by atoms with Gasteiger partial charge in [-0.2, -0.15) is 0 Å². The Bertz CT molecular complexity index is 2250. The van der Waals surface area contributed by atoms with Crippen LogP contribution in [-0.2, 0) is 43.2 Å². The van der Waals surface area contributed by atoms with Gasteiger partial charge in [-0.05, 0) is 127 Å². The molecule has 0 aliphatic carbocycles. The summed E-state index contributed by atoms with van der Waals surface area (Å²) in [5.41, 5.74) is 1.52. The minimum atomic E-state index is -3.83. The van der Waals surface area contributed by atoms with E-state index in [-0.39, 0.29) is 72.6 Å². The Kier molecular flexibility index (Phi) is 24.8. The highest BCUT2D eigenvalue weighted by atomic mass is 32.2. The lowest BCUT2D eigenvalue weighted by Gasteiger charge is -2.38. The van der Waals surface area contributed by atoms with Crippen molar-refractivity contribution in [2.24, 2.45) is 5.92 Å². The molecule has 7 N–H and O–H groups in total. The SMILES string of the molecule is CC/C=C\C=C(/CO)C(O)OCCC(C)CC(O)CCCC1CC(CCCC(O)CC2CC(CCCC3CC(C)OC(c4ccccc4O)O3)OC(CNS(=O)(=O)c3ccccc3)O2)OC(c2ccccc2O)O1. The van der Waals surface area contributed by atoms with Crippen molar-refractivity contribution in [3.05, 3.63) is 114 Å². The van der Waals surface area contributed by atoms with Crippen molar-refractivity contribution in [1.29, 1.82) is 0 Å². The molecule has 0 radical (unpaired) electrons. The summed E-state index contributed by atoms with van der Waals surface area (Å²) < 4.78 is 72.5. The lowest BCUT2D eigenvalue weighted by atomic mass is 9.94. The third-order valence-corrected chi connectivity index (χ3v) is 15.4. The molecule has 0 spiro atoms. The summed E-state index contributed by atoms with van der Waals surface area (Å²) in [6, 6.07) is 22.1. The van der Waals surface area contributed by atoms with Crippen LogP contribution in [0.25, 0.3) is 0 Å². The Morgan fingerprint density at radius 3 is 1.86 bits per heavy atom. The van der Waals surface area contributed by atoms with Crippen molar-refractivity contribution in [2.75, 3.05) is 19.8 Å². The number of allylic oxidation sites excluding steroid dienone is 3. The fourth-order valence-corrected chi connectivity index (χ4v) is 11.0. The quantitative estimate of drug-likeness (QED) is 0.0244. The molecule has 3 saturated heterocycles. The van der Waals surface area contributed by atoms with E-state index >= 15 is 0 Å². The van der Waals surface area contributed by atoms with Crippen LogP contribution in [0.5, 0.6) is 11.5 Å². The van der Waals surface area contributed by atoms with E-state index in [1.165, 1.54) is 12.1 Å². The second-order valence-corrected chi connectivity index (χ2v) is 22.0. The van der Waals surface area contributed by atoms with Gasteiger partial charge in [0.05, 0.1) is 73.5 Å². The molecule has 0 amide bonds. The number of phenolic OH excluding ortho intramolecular Hbond substituents is 2. The third-order valence-electron chi connectivity index (χ3n) is 14.0. The predicted octanol–water partition coefficient (Wildman–Crippen LogP) is 8.90. The maximum atomic E-state index is 13.2. The Morgan fingerprint density at radius 2 is 1.24 bits per heavy atom. The van der Waals surface area contributed by atoms with Crippen molar-refractivity contribution < 1.29 is 72.2 Å². The molecular weight excluding hydrogens is 971 g/mol. The molecular formula is C57H83NO15S. The number of sulfonamides is 1. The van der Waals surface area contributed by atoms with E-state index in [1.807, 2.05) is 39.0 Å². The van der Waals surface area contributed by atoms with Crippen LogP contribution >= 0.6 is 0 Å². The molecule has 13 atom stereocenters.